The van der Waals surface area contributed by atoms with E-state index in [0.717, 1.165) is 24.3 Å². The zero-order valence-corrected chi connectivity index (χ0v) is 23.9. The lowest BCUT2D eigenvalue weighted by atomic mass is 10.1. The molecule has 2 aromatic heterocycles. The minimum Gasteiger partial charge on any atom is -1.00 e. The van der Waals surface area contributed by atoms with E-state index in [1.165, 1.54) is 42.5 Å². The van der Waals surface area contributed by atoms with Gasteiger partial charge in [0.25, 0.3) is 0 Å². The van der Waals surface area contributed by atoms with E-state index in [9.17, 15) is 56.2 Å². The summed E-state index contributed by atoms with van der Waals surface area (Å²) in [5.41, 5.74) is 0.660. The van der Waals surface area contributed by atoms with Crippen LogP contribution in [0.2, 0.25) is 0 Å². The summed E-state index contributed by atoms with van der Waals surface area (Å²) in [6.45, 7) is 0. The number of hydrogen-bond acceptors (Lipinski definition) is 11. The summed E-state index contributed by atoms with van der Waals surface area (Å²) in [5, 5.41) is 106. The van der Waals surface area contributed by atoms with Crippen LogP contribution in [0.5, 0.6) is 63.2 Å². The minimum atomic E-state index is -0.695. The van der Waals surface area contributed by atoms with Crippen LogP contribution < -0.4 is 24.8 Å². The van der Waals surface area contributed by atoms with E-state index < -0.39 is 17.2 Å². The Balaban J connectivity index is 0.000000235. The number of rotatable bonds is 2. The third kappa shape index (κ3) is 6.54. The lowest BCUT2D eigenvalue weighted by Crippen LogP contribution is -3.00. The first kappa shape index (κ1) is 33.6. The highest BCUT2D eigenvalue weighted by molar-refractivity contribution is 5.89. The quantitative estimate of drug-likeness (QED) is 0.0832. The van der Waals surface area contributed by atoms with Gasteiger partial charge in [0, 0.05) is 42.5 Å². The van der Waals surface area contributed by atoms with Crippen molar-refractivity contribution in [3.05, 3.63) is 66.7 Å². The zero-order chi connectivity index (χ0) is 31.2. The fourth-order valence-corrected chi connectivity index (χ4v) is 4.20. The van der Waals surface area contributed by atoms with Gasteiger partial charge in [0.1, 0.15) is 33.8 Å². The summed E-state index contributed by atoms with van der Waals surface area (Å²) in [5.74, 6) is -4.18. The van der Waals surface area contributed by atoms with Gasteiger partial charge in [0.15, 0.2) is 28.7 Å². The number of phenols is 9. The molecule has 0 unspecified atom stereocenters. The highest BCUT2D eigenvalue weighted by Crippen LogP contribution is 2.44. The molecule has 4 aromatic carbocycles. The number of phenolic OH excluding ortho intramolecular Hbond substituents is 9. The molecule has 45 heavy (non-hydrogen) atoms. The van der Waals surface area contributed by atoms with Crippen molar-refractivity contribution in [3.63, 3.8) is 0 Å². The molecular weight excluding hydrogens is 639 g/mol. The van der Waals surface area contributed by atoms with Gasteiger partial charge >= 0.3 is 22.7 Å². The molecule has 234 valence electrons. The second kappa shape index (κ2) is 12.8. The molecule has 0 saturated carbocycles. The van der Waals surface area contributed by atoms with Crippen LogP contribution in [0.3, 0.4) is 0 Å². The van der Waals surface area contributed by atoms with Gasteiger partial charge < -0.3 is 81.0 Å². The van der Waals surface area contributed by atoms with Crippen LogP contribution in [-0.2, 0) is 0 Å². The molecule has 11 N–H and O–H groups in total. The average Bonchev–Trinajstić information content (AvgIpc) is 2.93. The Hall–Kier alpha value is -5.92. The van der Waals surface area contributed by atoms with E-state index in [0.29, 0.717) is 5.56 Å². The van der Waals surface area contributed by atoms with Crippen LogP contribution in [0.4, 0.5) is 0 Å². The summed E-state index contributed by atoms with van der Waals surface area (Å²) in [6.07, 6.45) is 0. The normalized spacial score (nSPS) is 10.4. The molecule has 15 heteroatoms. The van der Waals surface area contributed by atoms with Gasteiger partial charge in [-0.25, -0.2) is 8.83 Å². The molecule has 0 spiro atoms. The van der Waals surface area contributed by atoms with Crippen molar-refractivity contribution < 1.29 is 89.8 Å². The molecule has 0 aliphatic carbocycles. The maximum Gasteiger partial charge on any atom is 0.402 e. The van der Waals surface area contributed by atoms with Crippen molar-refractivity contribution in [2.75, 3.05) is 0 Å². The van der Waals surface area contributed by atoms with E-state index in [1.54, 1.807) is 0 Å². The molecule has 6 aromatic rings. The number of fused-ring (bicyclic) bond motifs is 2. The Kier molecular flexibility index (Phi) is 9.51. The van der Waals surface area contributed by atoms with Crippen molar-refractivity contribution in [3.8, 4) is 85.9 Å². The Morgan fingerprint density at radius 3 is 1.22 bits per heavy atom. The van der Waals surface area contributed by atoms with Crippen molar-refractivity contribution in [1.29, 1.82) is 0 Å². The van der Waals surface area contributed by atoms with Crippen LogP contribution >= 0.6 is 0 Å². The first-order chi connectivity index (χ1) is 20.3. The smallest absolute Gasteiger partial charge is 0.402 e. The van der Waals surface area contributed by atoms with Crippen LogP contribution in [0.15, 0.2) is 75.6 Å². The maximum absolute atomic E-state index is 10.0. The third-order valence-corrected chi connectivity index (χ3v) is 6.23. The summed E-state index contributed by atoms with van der Waals surface area (Å²) >= 11 is 0. The number of hydrogen-bond donors (Lipinski definition) is 11. The highest BCUT2D eigenvalue weighted by atomic mass is 35.5. The summed E-state index contributed by atoms with van der Waals surface area (Å²) in [7, 11) is 0. The first-order valence-electron chi connectivity index (χ1n) is 12.1. The summed E-state index contributed by atoms with van der Waals surface area (Å²) < 4.78 is 10.9. The highest BCUT2D eigenvalue weighted by Gasteiger charge is 2.27. The molecule has 0 amide bonds. The Labute approximate surface area is 264 Å². The Morgan fingerprint density at radius 1 is 0.356 bits per heavy atom. The van der Waals surface area contributed by atoms with Gasteiger partial charge in [-0.2, -0.15) is 0 Å². The van der Waals surface area contributed by atoms with Crippen LogP contribution in [0, 0.1) is 0 Å². The Bertz CT molecular complexity index is 2040. The molecular formula is C30H22Cl2O13. The Morgan fingerprint density at radius 2 is 0.778 bits per heavy atom. The summed E-state index contributed by atoms with van der Waals surface area (Å²) in [6, 6.07) is 13.3. The first-order valence-corrected chi connectivity index (χ1v) is 12.1. The van der Waals surface area contributed by atoms with Gasteiger partial charge in [-0.1, -0.05) is 0 Å². The van der Waals surface area contributed by atoms with Crippen molar-refractivity contribution in [2.45, 2.75) is 0 Å². The SMILES string of the molecule is Oc1cc(O)c2cc(O)c(-c3cc(O)c(O)c(O)c3)[o+]c2c1.Oc1cc(O)c2cc(O)c(-c3ccc(O)c(O)c3)[o+]c2c1.[Cl-].[Cl-]. The van der Waals surface area contributed by atoms with E-state index in [4.69, 9.17) is 8.83 Å². The molecule has 0 saturated heterocycles. The van der Waals surface area contributed by atoms with Gasteiger partial charge in [-0.15, -0.1) is 0 Å². The monoisotopic (exact) mass is 660 g/mol. The molecule has 6 rings (SSSR count). The fourth-order valence-electron chi connectivity index (χ4n) is 4.20. The van der Waals surface area contributed by atoms with Crippen LogP contribution in [0.25, 0.3) is 44.6 Å². The minimum absolute atomic E-state index is 0. The van der Waals surface area contributed by atoms with E-state index >= 15 is 0 Å². The van der Waals surface area contributed by atoms with Crippen LogP contribution in [-0.4, -0.2) is 56.2 Å². The summed E-state index contributed by atoms with van der Waals surface area (Å²) in [4.78, 5) is 0. The molecule has 0 radical (unpaired) electrons. The van der Waals surface area contributed by atoms with E-state index in [1.807, 2.05) is 0 Å². The van der Waals surface area contributed by atoms with Crippen molar-refractivity contribution >= 4 is 21.9 Å². The predicted molar refractivity (Wildman–Crippen MR) is 150 cm³/mol. The second-order valence-corrected chi connectivity index (χ2v) is 9.24. The molecule has 0 atom stereocenters. The molecule has 0 fully saturated rings. The number of benzene rings is 4. The topological polar surface area (TPSA) is 245 Å². The molecule has 2 heterocycles. The second-order valence-electron chi connectivity index (χ2n) is 9.24. The molecule has 0 aliphatic heterocycles. The number of halogens is 2. The average molecular weight is 661 g/mol. The van der Waals surface area contributed by atoms with Gasteiger partial charge in [-0.05, 0) is 12.1 Å². The van der Waals surface area contributed by atoms with Crippen LogP contribution in [0.1, 0.15) is 0 Å². The molecule has 13 nitrogen and oxygen atoms in total. The van der Waals surface area contributed by atoms with Gasteiger partial charge in [-0.3, -0.25) is 0 Å². The predicted octanol–water partition coefficient (Wildman–Crippen LogP) is -0.469. The number of aromatic hydroxyl groups is 11. The lowest BCUT2D eigenvalue weighted by molar-refractivity contribution is -0.001000. The lowest BCUT2D eigenvalue weighted by Gasteiger charge is -2.03. The van der Waals surface area contributed by atoms with E-state index in [-0.39, 0.29) is 110 Å². The largest absolute Gasteiger partial charge is 1.00 e. The zero-order valence-electron chi connectivity index (χ0n) is 22.3. The fraction of sp³-hybridized carbons (Fsp3) is 0. The third-order valence-electron chi connectivity index (χ3n) is 6.23. The van der Waals surface area contributed by atoms with Gasteiger partial charge in [0.05, 0.1) is 23.3 Å². The van der Waals surface area contributed by atoms with Gasteiger partial charge in [0.2, 0.25) is 11.5 Å². The maximum atomic E-state index is 10.0. The van der Waals surface area contributed by atoms with Crippen molar-refractivity contribution in [2.24, 2.45) is 0 Å². The molecule has 0 aliphatic rings. The standard InChI is InChI=1S/C15H10O7.C15H10O6.2ClH/c16-7-3-9(17)8-5-12(20)15(22-13(8)4-7)6-1-10(18)14(21)11(19)2-6;16-8-4-11(18)9-6-13(20)15(21-14(9)5-8)7-1-2-10(17)12(19)3-7;;/h1-5H,(H5-,16,17,18,19,20,21);1-6H,(H4-,16,17,18,19,20);2*1H. The van der Waals surface area contributed by atoms with E-state index in [2.05, 4.69) is 0 Å². The molecule has 0 bridgehead atoms. The van der Waals surface area contributed by atoms with Crippen molar-refractivity contribution in [1.82, 2.24) is 0 Å².